The Balaban J connectivity index is 2.14. The van der Waals surface area contributed by atoms with Crippen LogP contribution >= 0.6 is 0 Å². The van der Waals surface area contributed by atoms with Gasteiger partial charge in [-0.05, 0) is 31.7 Å². The Morgan fingerprint density at radius 2 is 2.21 bits per heavy atom. The molecule has 2 atom stereocenters. The molecule has 0 radical (unpaired) electrons. The van der Waals surface area contributed by atoms with Gasteiger partial charge in [0.15, 0.2) is 0 Å². The van der Waals surface area contributed by atoms with Gasteiger partial charge in [-0.2, -0.15) is 5.26 Å². The first-order valence-electron chi connectivity index (χ1n) is 5.57. The second-order valence-corrected chi connectivity index (χ2v) is 4.48. The van der Waals surface area contributed by atoms with Crippen LogP contribution in [0.5, 0.6) is 0 Å². The topological polar surface area (TPSA) is 53.0 Å². The molecule has 80 valence electrons. The Morgan fingerprint density at radius 1 is 1.43 bits per heavy atom. The Hall–Kier alpha value is -0.590. The van der Waals surface area contributed by atoms with E-state index >= 15 is 0 Å². The van der Waals surface area contributed by atoms with E-state index in [2.05, 4.69) is 17.9 Å². The third kappa shape index (κ3) is 4.08. The monoisotopic (exact) mass is 195 g/mol. The zero-order valence-electron chi connectivity index (χ0n) is 9.08. The average molecular weight is 195 g/mol. The molecular formula is C11H21N3. The van der Waals surface area contributed by atoms with Gasteiger partial charge in [0.1, 0.15) is 0 Å². The van der Waals surface area contributed by atoms with Gasteiger partial charge in [-0.25, -0.2) is 0 Å². The van der Waals surface area contributed by atoms with Gasteiger partial charge in [-0.3, -0.25) is 0 Å². The summed E-state index contributed by atoms with van der Waals surface area (Å²) in [4.78, 5) is 2.44. The summed E-state index contributed by atoms with van der Waals surface area (Å²) < 4.78 is 0. The van der Waals surface area contributed by atoms with Gasteiger partial charge in [-0.1, -0.05) is 6.92 Å². The molecular weight excluding hydrogens is 174 g/mol. The van der Waals surface area contributed by atoms with E-state index in [9.17, 15) is 0 Å². The summed E-state index contributed by atoms with van der Waals surface area (Å²) in [7, 11) is 0. The minimum Gasteiger partial charge on any atom is -0.327 e. The second kappa shape index (κ2) is 6.00. The lowest BCUT2D eigenvalue weighted by atomic mass is 9.96. The number of rotatable bonds is 4. The quantitative estimate of drug-likeness (QED) is 0.689. The number of hydrogen-bond acceptors (Lipinski definition) is 3. The highest BCUT2D eigenvalue weighted by Crippen LogP contribution is 2.15. The molecule has 0 spiro atoms. The second-order valence-electron chi connectivity index (χ2n) is 4.48. The van der Waals surface area contributed by atoms with Crippen LogP contribution in [0.25, 0.3) is 0 Å². The van der Waals surface area contributed by atoms with Crippen LogP contribution in [0, 0.1) is 17.2 Å². The maximum atomic E-state index is 8.40. The van der Waals surface area contributed by atoms with E-state index < -0.39 is 0 Å². The average Bonchev–Trinajstić information content (AvgIpc) is 2.11. The summed E-state index contributed by atoms with van der Waals surface area (Å²) >= 11 is 0. The molecule has 14 heavy (non-hydrogen) atoms. The van der Waals surface area contributed by atoms with Gasteiger partial charge in [0.2, 0.25) is 0 Å². The molecule has 0 aromatic rings. The number of nitriles is 1. The zero-order valence-corrected chi connectivity index (χ0v) is 9.08. The van der Waals surface area contributed by atoms with Crippen molar-refractivity contribution in [1.29, 1.82) is 5.26 Å². The fraction of sp³-hybridized carbons (Fsp3) is 0.909. The van der Waals surface area contributed by atoms with Gasteiger partial charge < -0.3 is 10.6 Å². The lowest BCUT2D eigenvalue weighted by Gasteiger charge is -2.34. The number of nitrogens with zero attached hydrogens (tertiary/aromatic N) is 2. The minimum atomic E-state index is 0.356. The van der Waals surface area contributed by atoms with E-state index in [-0.39, 0.29) is 0 Å². The molecule has 3 heteroatoms. The van der Waals surface area contributed by atoms with E-state index in [0.29, 0.717) is 12.5 Å². The molecule has 1 aliphatic rings. The van der Waals surface area contributed by atoms with Crippen LogP contribution < -0.4 is 5.73 Å². The van der Waals surface area contributed by atoms with Crippen molar-refractivity contribution in [1.82, 2.24) is 4.90 Å². The van der Waals surface area contributed by atoms with Crippen molar-refractivity contribution in [3.63, 3.8) is 0 Å². The molecule has 2 N–H and O–H groups in total. The molecule has 1 fully saturated rings. The Kier molecular flexibility index (Phi) is 4.92. The van der Waals surface area contributed by atoms with E-state index in [1.54, 1.807) is 0 Å². The van der Waals surface area contributed by atoms with Crippen LogP contribution in [0.4, 0.5) is 0 Å². The van der Waals surface area contributed by atoms with Crippen molar-refractivity contribution in [2.24, 2.45) is 11.7 Å². The number of hydrogen-bond donors (Lipinski definition) is 1. The van der Waals surface area contributed by atoms with Crippen molar-refractivity contribution in [2.45, 2.75) is 38.6 Å². The fourth-order valence-corrected chi connectivity index (χ4v) is 2.23. The van der Waals surface area contributed by atoms with E-state index in [4.69, 9.17) is 11.0 Å². The zero-order chi connectivity index (χ0) is 10.4. The van der Waals surface area contributed by atoms with Crippen molar-refractivity contribution >= 4 is 0 Å². The Labute approximate surface area is 86.9 Å². The molecule has 0 aromatic heterocycles. The van der Waals surface area contributed by atoms with Crippen LogP contribution in [0.3, 0.4) is 0 Å². The smallest absolute Gasteiger partial charge is 0.0621 e. The van der Waals surface area contributed by atoms with Crippen LogP contribution in [0.15, 0.2) is 0 Å². The number of unbranched alkanes of at least 4 members (excludes halogenated alkanes) is 2. The molecule has 0 aromatic carbocycles. The SMILES string of the molecule is CC1CC(N)CN(CCCCC#N)C1. The van der Waals surface area contributed by atoms with Gasteiger partial charge in [0.25, 0.3) is 0 Å². The first kappa shape index (κ1) is 11.5. The molecule has 1 aliphatic heterocycles. The lowest BCUT2D eigenvalue weighted by Crippen LogP contribution is -2.46. The van der Waals surface area contributed by atoms with Crippen LogP contribution in [0.1, 0.15) is 32.6 Å². The first-order valence-corrected chi connectivity index (χ1v) is 5.57. The Morgan fingerprint density at radius 3 is 2.86 bits per heavy atom. The summed E-state index contributed by atoms with van der Waals surface area (Å²) in [5.74, 6) is 0.731. The molecule has 1 heterocycles. The van der Waals surface area contributed by atoms with E-state index in [1.165, 1.54) is 6.54 Å². The molecule has 1 saturated heterocycles. The van der Waals surface area contributed by atoms with Gasteiger partial charge in [-0.15, -0.1) is 0 Å². The molecule has 2 unspecified atom stereocenters. The van der Waals surface area contributed by atoms with Crippen molar-refractivity contribution in [3.05, 3.63) is 0 Å². The highest BCUT2D eigenvalue weighted by atomic mass is 15.1. The summed E-state index contributed by atoms with van der Waals surface area (Å²) in [5.41, 5.74) is 5.95. The fourth-order valence-electron chi connectivity index (χ4n) is 2.23. The predicted molar refractivity (Wildman–Crippen MR) is 57.7 cm³/mol. The molecule has 0 bridgehead atoms. The van der Waals surface area contributed by atoms with Crippen molar-refractivity contribution < 1.29 is 0 Å². The number of likely N-dealkylation sites (tertiary alicyclic amines) is 1. The highest BCUT2D eigenvalue weighted by molar-refractivity contribution is 4.79. The van der Waals surface area contributed by atoms with Crippen LogP contribution in [0.2, 0.25) is 0 Å². The summed E-state index contributed by atoms with van der Waals surface area (Å²) in [6, 6.07) is 2.54. The minimum absolute atomic E-state index is 0.356. The van der Waals surface area contributed by atoms with E-state index in [1.807, 2.05) is 0 Å². The predicted octanol–water partition coefficient (Wildman–Crippen LogP) is 1.35. The maximum absolute atomic E-state index is 8.40. The van der Waals surface area contributed by atoms with Crippen LogP contribution in [-0.4, -0.2) is 30.6 Å². The molecule has 1 rings (SSSR count). The maximum Gasteiger partial charge on any atom is 0.0621 e. The summed E-state index contributed by atoms with van der Waals surface area (Å²) in [5, 5.41) is 8.40. The van der Waals surface area contributed by atoms with Crippen molar-refractivity contribution in [2.75, 3.05) is 19.6 Å². The number of piperidine rings is 1. The van der Waals surface area contributed by atoms with Crippen molar-refractivity contribution in [3.8, 4) is 6.07 Å². The van der Waals surface area contributed by atoms with Crippen LogP contribution in [-0.2, 0) is 0 Å². The van der Waals surface area contributed by atoms with E-state index in [0.717, 1.165) is 38.3 Å². The largest absolute Gasteiger partial charge is 0.327 e. The van der Waals surface area contributed by atoms with Gasteiger partial charge in [0.05, 0.1) is 6.07 Å². The summed E-state index contributed by atoms with van der Waals surface area (Å²) in [6.07, 6.45) is 4.01. The normalized spacial score (nSPS) is 28.6. The Bertz CT molecular complexity index is 187. The highest BCUT2D eigenvalue weighted by Gasteiger charge is 2.21. The molecule has 3 nitrogen and oxygen atoms in total. The molecule has 0 saturated carbocycles. The first-order chi connectivity index (χ1) is 6.72. The summed E-state index contributed by atoms with van der Waals surface area (Å²) in [6.45, 7) is 5.60. The number of nitrogens with two attached hydrogens (primary N) is 1. The lowest BCUT2D eigenvalue weighted by molar-refractivity contribution is 0.163. The third-order valence-corrected chi connectivity index (χ3v) is 2.78. The van der Waals surface area contributed by atoms with Gasteiger partial charge in [0, 0.05) is 25.6 Å². The standard InChI is InChI=1S/C11H21N3/c1-10-7-11(13)9-14(8-10)6-4-2-3-5-12/h10-11H,2-4,6-9,13H2,1H3. The molecule has 0 aliphatic carbocycles. The van der Waals surface area contributed by atoms with Gasteiger partial charge >= 0.3 is 0 Å². The third-order valence-electron chi connectivity index (χ3n) is 2.78. The molecule has 0 amide bonds.